The maximum absolute atomic E-state index is 9.60. The van der Waals surface area contributed by atoms with Crippen molar-refractivity contribution in [2.24, 2.45) is 0 Å². The number of hydrogen-bond acceptors (Lipinski definition) is 1. The fourth-order valence-electron chi connectivity index (χ4n) is 1.27. The Morgan fingerprint density at radius 1 is 1.43 bits per heavy atom. The average molecular weight is 209 g/mol. The lowest BCUT2D eigenvalue weighted by Gasteiger charge is -2.09. The number of benzene rings is 1. The molecule has 1 rings (SSSR count). The Morgan fingerprint density at radius 2 is 2.14 bits per heavy atom. The van der Waals surface area contributed by atoms with Crippen LogP contribution in [0.15, 0.2) is 24.3 Å². The summed E-state index contributed by atoms with van der Waals surface area (Å²) in [6, 6.07) is 7.53. The van der Waals surface area contributed by atoms with Crippen LogP contribution in [-0.2, 0) is 6.42 Å². The van der Waals surface area contributed by atoms with Crippen LogP contribution in [0.1, 0.15) is 18.4 Å². The van der Waals surface area contributed by atoms with Crippen LogP contribution >= 0.6 is 11.6 Å². The molecule has 14 heavy (non-hydrogen) atoms. The Labute approximate surface area is 89.7 Å². The molecule has 0 aliphatic carbocycles. The van der Waals surface area contributed by atoms with Gasteiger partial charge in [0, 0.05) is 11.4 Å². The Kier molecular flexibility index (Phi) is 4.52. The molecule has 0 spiro atoms. The lowest BCUT2D eigenvalue weighted by atomic mass is 10.0. The van der Waals surface area contributed by atoms with Gasteiger partial charge in [-0.2, -0.15) is 0 Å². The number of halogens is 1. The third kappa shape index (κ3) is 3.41. The van der Waals surface area contributed by atoms with E-state index in [4.69, 9.17) is 18.0 Å². The van der Waals surface area contributed by atoms with Gasteiger partial charge in [-0.1, -0.05) is 29.8 Å². The first-order valence-corrected chi connectivity index (χ1v) is 4.96. The minimum Gasteiger partial charge on any atom is -0.393 e. The van der Waals surface area contributed by atoms with Crippen LogP contribution in [0.2, 0.25) is 5.02 Å². The maximum Gasteiger partial charge on any atom is 0.0590 e. The van der Waals surface area contributed by atoms with Crippen LogP contribution in [0.3, 0.4) is 0 Å². The second-order valence-corrected chi connectivity index (χ2v) is 3.60. The number of aliphatic hydroxyl groups excluding tert-OH is 1. The molecule has 1 aromatic rings. The highest BCUT2D eigenvalue weighted by Gasteiger charge is 2.06. The molecule has 1 N–H and O–H groups in total. The summed E-state index contributed by atoms with van der Waals surface area (Å²) in [5, 5.41) is 10.3. The molecule has 0 saturated heterocycles. The molecule has 1 aromatic carbocycles. The quantitative estimate of drug-likeness (QED) is 0.755. The van der Waals surface area contributed by atoms with E-state index in [1.165, 1.54) is 0 Å². The second-order valence-electron chi connectivity index (χ2n) is 3.19. The first kappa shape index (κ1) is 11.1. The number of aliphatic hydroxyl groups is 1. The van der Waals surface area contributed by atoms with Gasteiger partial charge < -0.3 is 5.11 Å². The summed E-state index contributed by atoms with van der Waals surface area (Å²) in [6.45, 7) is 0. The zero-order chi connectivity index (χ0) is 10.4. The minimum atomic E-state index is -0.397. The van der Waals surface area contributed by atoms with Gasteiger partial charge in [0.2, 0.25) is 0 Å². The highest BCUT2D eigenvalue weighted by molar-refractivity contribution is 6.31. The molecule has 0 saturated carbocycles. The van der Waals surface area contributed by atoms with Crippen molar-refractivity contribution >= 4 is 11.6 Å². The van der Waals surface area contributed by atoms with E-state index in [1.54, 1.807) is 0 Å². The van der Waals surface area contributed by atoms with Crippen molar-refractivity contribution in [2.45, 2.75) is 25.4 Å². The van der Waals surface area contributed by atoms with Crippen LogP contribution in [0.4, 0.5) is 0 Å². The Bertz CT molecular complexity index is 327. The molecule has 1 atom stereocenters. The molecule has 0 heterocycles. The van der Waals surface area contributed by atoms with Crippen LogP contribution in [0, 0.1) is 12.3 Å². The second kappa shape index (κ2) is 5.70. The predicted octanol–water partition coefficient (Wildman–Crippen LogP) is 2.66. The number of hydrogen-bond donors (Lipinski definition) is 1. The Hall–Kier alpha value is -0.970. The first-order valence-electron chi connectivity index (χ1n) is 4.59. The molecule has 0 amide bonds. The van der Waals surface area contributed by atoms with Gasteiger partial charge in [-0.15, -0.1) is 12.3 Å². The minimum absolute atomic E-state index is 0.397. The SMILES string of the molecule is C#CCCC(O)Cc1ccccc1Cl. The summed E-state index contributed by atoms with van der Waals surface area (Å²) in [7, 11) is 0. The molecule has 0 radical (unpaired) electrons. The van der Waals surface area contributed by atoms with Crippen LogP contribution in [-0.4, -0.2) is 11.2 Å². The van der Waals surface area contributed by atoms with E-state index in [-0.39, 0.29) is 0 Å². The number of terminal acetylenes is 1. The van der Waals surface area contributed by atoms with E-state index >= 15 is 0 Å². The molecule has 1 unspecified atom stereocenters. The summed E-state index contributed by atoms with van der Waals surface area (Å²) >= 11 is 5.95. The normalized spacial score (nSPS) is 12.1. The van der Waals surface area contributed by atoms with Crippen LogP contribution < -0.4 is 0 Å². The van der Waals surface area contributed by atoms with Crippen LogP contribution in [0.25, 0.3) is 0 Å². The molecular weight excluding hydrogens is 196 g/mol. The molecule has 2 heteroatoms. The third-order valence-corrected chi connectivity index (χ3v) is 2.40. The lowest BCUT2D eigenvalue weighted by Crippen LogP contribution is -2.10. The summed E-state index contributed by atoms with van der Waals surface area (Å²) < 4.78 is 0. The fourth-order valence-corrected chi connectivity index (χ4v) is 1.48. The first-order chi connectivity index (χ1) is 6.74. The van der Waals surface area contributed by atoms with Crippen molar-refractivity contribution in [1.82, 2.24) is 0 Å². The summed E-state index contributed by atoms with van der Waals surface area (Å²) in [5.41, 5.74) is 0.971. The van der Waals surface area contributed by atoms with Crippen molar-refractivity contribution in [3.63, 3.8) is 0 Å². The van der Waals surface area contributed by atoms with Gasteiger partial charge in [-0.3, -0.25) is 0 Å². The zero-order valence-electron chi connectivity index (χ0n) is 7.91. The van der Waals surface area contributed by atoms with Crippen molar-refractivity contribution in [3.8, 4) is 12.3 Å². The zero-order valence-corrected chi connectivity index (χ0v) is 8.67. The van der Waals surface area contributed by atoms with E-state index < -0.39 is 6.10 Å². The van der Waals surface area contributed by atoms with Gasteiger partial charge in [0.05, 0.1) is 6.10 Å². The molecule has 74 valence electrons. The molecule has 1 nitrogen and oxygen atoms in total. The smallest absolute Gasteiger partial charge is 0.0590 e. The summed E-state index contributed by atoms with van der Waals surface area (Å²) in [6.07, 6.45) is 6.52. The molecule has 0 bridgehead atoms. The lowest BCUT2D eigenvalue weighted by molar-refractivity contribution is 0.167. The fraction of sp³-hybridized carbons (Fsp3) is 0.333. The summed E-state index contributed by atoms with van der Waals surface area (Å²) in [5.74, 6) is 2.51. The summed E-state index contributed by atoms with van der Waals surface area (Å²) in [4.78, 5) is 0. The monoisotopic (exact) mass is 208 g/mol. The molecular formula is C12H13ClO. The van der Waals surface area contributed by atoms with Crippen LogP contribution in [0.5, 0.6) is 0 Å². The van der Waals surface area contributed by atoms with E-state index in [9.17, 15) is 5.11 Å². The predicted molar refractivity (Wildman–Crippen MR) is 59.2 cm³/mol. The Balaban J connectivity index is 2.52. The van der Waals surface area contributed by atoms with Crippen molar-refractivity contribution in [2.75, 3.05) is 0 Å². The van der Waals surface area contributed by atoms with Crippen molar-refractivity contribution in [1.29, 1.82) is 0 Å². The van der Waals surface area contributed by atoms with Gasteiger partial charge in [0.15, 0.2) is 0 Å². The van der Waals surface area contributed by atoms with Gasteiger partial charge in [-0.25, -0.2) is 0 Å². The molecule has 0 aliphatic heterocycles. The molecule has 0 aromatic heterocycles. The van der Waals surface area contributed by atoms with E-state index in [0.29, 0.717) is 24.3 Å². The van der Waals surface area contributed by atoms with Crippen molar-refractivity contribution in [3.05, 3.63) is 34.9 Å². The van der Waals surface area contributed by atoms with Gasteiger partial charge >= 0.3 is 0 Å². The van der Waals surface area contributed by atoms with Gasteiger partial charge in [0.1, 0.15) is 0 Å². The highest BCUT2D eigenvalue weighted by atomic mass is 35.5. The van der Waals surface area contributed by atoms with Crippen molar-refractivity contribution < 1.29 is 5.11 Å². The molecule has 0 aliphatic rings. The largest absolute Gasteiger partial charge is 0.393 e. The topological polar surface area (TPSA) is 20.2 Å². The van der Waals surface area contributed by atoms with E-state index in [1.807, 2.05) is 24.3 Å². The van der Waals surface area contributed by atoms with E-state index in [0.717, 1.165) is 5.56 Å². The molecule has 0 fully saturated rings. The third-order valence-electron chi connectivity index (χ3n) is 2.04. The standard InChI is InChI=1S/C12H13ClO/c1-2-3-7-11(14)9-10-6-4-5-8-12(10)13/h1,4-6,8,11,14H,3,7,9H2. The highest BCUT2D eigenvalue weighted by Crippen LogP contribution is 2.17. The average Bonchev–Trinajstić information content (AvgIpc) is 2.18. The maximum atomic E-state index is 9.60. The van der Waals surface area contributed by atoms with E-state index in [2.05, 4.69) is 5.92 Å². The Morgan fingerprint density at radius 3 is 2.79 bits per heavy atom. The number of rotatable bonds is 4. The van der Waals surface area contributed by atoms with Gasteiger partial charge in [-0.05, 0) is 24.5 Å². The van der Waals surface area contributed by atoms with Gasteiger partial charge in [0.25, 0.3) is 0 Å².